The molecule has 1 aromatic rings. The highest BCUT2D eigenvalue weighted by molar-refractivity contribution is 7.10. The van der Waals surface area contributed by atoms with Crippen LogP contribution in [-0.4, -0.2) is 6.54 Å². The van der Waals surface area contributed by atoms with Crippen LogP contribution in [-0.2, 0) is 6.42 Å². The second-order valence-corrected chi connectivity index (χ2v) is 4.48. The Balaban J connectivity index is 2.10. The molecule has 0 aliphatic heterocycles. The quantitative estimate of drug-likeness (QED) is 0.697. The van der Waals surface area contributed by atoms with Crippen molar-refractivity contribution in [3.05, 3.63) is 21.9 Å². The molecule has 0 radical (unpaired) electrons. The predicted octanol–water partition coefficient (Wildman–Crippen LogP) is 3.12. The van der Waals surface area contributed by atoms with E-state index in [1.54, 1.807) is 4.88 Å². The lowest BCUT2D eigenvalue weighted by Gasteiger charge is -1.99. The van der Waals surface area contributed by atoms with Crippen molar-refractivity contribution in [3.8, 4) is 0 Å². The van der Waals surface area contributed by atoms with Crippen molar-refractivity contribution in [1.82, 2.24) is 0 Å². The lowest BCUT2D eigenvalue weighted by atomic mass is 10.1. The molecule has 0 aliphatic carbocycles. The SMILES string of the molecule is Cc1ccsc1CCCCCCN. The molecule has 0 aromatic carbocycles. The largest absolute Gasteiger partial charge is 0.330 e. The first kappa shape index (κ1) is 10.7. The van der Waals surface area contributed by atoms with Crippen molar-refractivity contribution >= 4 is 11.3 Å². The van der Waals surface area contributed by atoms with Gasteiger partial charge in [0.15, 0.2) is 0 Å². The summed E-state index contributed by atoms with van der Waals surface area (Å²) in [6, 6.07) is 2.21. The molecule has 1 nitrogen and oxygen atoms in total. The molecule has 2 N–H and O–H groups in total. The molecular weight excluding hydrogens is 178 g/mol. The average molecular weight is 197 g/mol. The molecule has 0 fully saturated rings. The summed E-state index contributed by atoms with van der Waals surface area (Å²) < 4.78 is 0. The normalized spacial score (nSPS) is 10.6. The molecular formula is C11H19NS. The third-order valence-electron chi connectivity index (χ3n) is 2.33. The van der Waals surface area contributed by atoms with Gasteiger partial charge in [-0.3, -0.25) is 0 Å². The van der Waals surface area contributed by atoms with E-state index in [2.05, 4.69) is 18.4 Å². The molecule has 1 heterocycles. The Hall–Kier alpha value is -0.340. The number of hydrogen-bond acceptors (Lipinski definition) is 2. The maximum Gasteiger partial charge on any atom is 0.00743 e. The zero-order valence-corrected chi connectivity index (χ0v) is 9.20. The van der Waals surface area contributed by atoms with Gasteiger partial charge in [0.25, 0.3) is 0 Å². The molecule has 13 heavy (non-hydrogen) atoms. The first-order chi connectivity index (χ1) is 6.34. The van der Waals surface area contributed by atoms with Gasteiger partial charge in [0.1, 0.15) is 0 Å². The van der Waals surface area contributed by atoms with Crippen molar-refractivity contribution in [1.29, 1.82) is 0 Å². The van der Waals surface area contributed by atoms with E-state index in [0.717, 1.165) is 6.54 Å². The van der Waals surface area contributed by atoms with Crippen LogP contribution in [0.1, 0.15) is 36.1 Å². The zero-order valence-electron chi connectivity index (χ0n) is 8.38. The summed E-state index contributed by atoms with van der Waals surface area (Å²) in [6.45, 7) is 3.05. The van der Waals surface area contributed by atoms with E-state index in [1.807, 2.05) is 11.3 Å². The maximum absolute atomic E-state index is 5.43. The van der Waals surface area contributed by atoms with E-state index >= 15 is 0 Å². The number of nitrogens with two attached hydrogens (primary N) is 1. The van der Waals surface area contributed by atoms with Crippen molar-refractivity contribution < 1.29 is 0 Å². The minimum absolute atomic E-state index is 0.845. The summed E-state index contributed by atoms with van der Waals surface area (Å²) in [5.74, 6) is 0. The summed E-state index contributed by atoms with van der Waals surface area (Å²) in [4.78, 5) is 1.56. The van der Waals surface area contributed by atoms with Crippen molar-refractivity contribution in [2.75, 3.05) is 6.54 Å². The fourth-order valence-corrected chi connectivity index (χ4v) is 2.40. The van der Waals surface area contributed by atoms with Crippen LogP contribution >= 0.6 is 11.3 Å². The molecule has 0 saturated heterocycles. The van der Waals surface area contributed by atoms with Gasteiger partial charge in [0.2, 0.25) is 0 Å². The minimum atomic E-state index is 0.845. The molecule has 0 atom stereocenters. The summed E-state index contributed by atoms with van der Waals surface area (Å²) in [5, 5.41) is 2.19. The van der Waals surface area contributed by atoms with Crippen molar-refractivity contribution in [2.24, 2.45) is 5.73 Å². The first-order valence-corrected chi connectivity index (χ1v) is 5.95. The molecule has 0 amide bonds. The molecule has 1 aromatic heterocycles. The Morgan fingerprint density at radius 1 is 1.23 bits per heavy atom. The van der Waals surface area contributed by atoms with E-state index in [9.17, 15) is 0 Å². The van der Waals surface area contributed by atoms with E-state index in [1.165, 1.54) is 37.7 Å². The van der Waals surface area contributed by atoms with Gasteiger partial charge in [-0.05, 0) is 49.7 Å². The molecule has 0 unspecified atom stereocenters. The Labute approximate surface area is 85.0 Å². The van der Waals surface area contributed by atoms with Gasteiger partial charge in [-0.1, -0.05) is 12.8 Å². The van der Waals surface area contributed by atoms with Crippen molar-refractivity contribution in [2.45, 2.75) is 39.0 Å². The molecule has 0 saturated carbocycles. The van der Waals surface area contributed by atoms with Crippen LogP contribution in [0.4, 0.5) is 0 Å². The minimum Gasteiger partial charge on any atom is -0.330 e. The van der Waals surface area contributed by atoms with Crippen LogP contribution in [0.2, 0.25) is 0 Å². The Bertz CT molecular complexity index is 230. The number of thiophene rings is 1. The highest BCUT2D eigenvalue weighted by atomic mass is 32.1. The number of hydrogen-bond donors (Lipinski definition) is 1. The Morgan fingerprint density at radius 3 is 2.62 bits per heavy atom. The van der Waals surface area contributed by atoms with Gasteiger partial charge in [-0.15, -0.1) is 11.3 Å². The van der Waals surface area contributed by atoms with Crippen LogP contribution in [0.25, 0.3) is 0 Å². The third kappa shape index (κ3) is 3.92. The summed E-state index contributed by atoms with van der Waals surface area (Å²) in [5.41, 5.74) is 6.89. The van der Waals surface area contributed by atoms with Crippen LogP contribution in [0.15, 0.2) is 11.4 Å². The monoisotopic (exact) mass is 197 g/mol. The van der Waals surface area contributed by atoms with E-state index < -0.39 is 0 Å². The lowest BCUT2D eigenvalue weighted by molar-refractivity contribution is 0.648. The van der Waals surface area contributed by atoms with E-state index in [4.69, 9.17) is 5.73 Å². The van der Waals surface area contributed by atoms with Crippen molar-refractivity contribution in [3.63, 3.8) is 0 Å². The van der Waals surface area contributed by atoms with Gasteiger partial charge >= 0.3 is 0 Å². The van der Waals surface area contributed by atoms with Gasteiger partial charge in [-0.25, -0.2) is 0 Å². The molecule has 74 valence electrons. The molecule has 0 spiro atoms. The zero-order chi connectivity index (χ0) is 9.52. The molecule has 1 rings (SSSR count). The fourth-order valence-electron chi connectivity index (χ4n) is 1.44. The number of unbranched alkanes of at least 4 members (excludes halogenated alkanes) is 3. The number of rotatable bonds is 6. The second-order valence-electron chi connectivity index (χ2n) is 3.48. The number of aryl methyl sites for hydroxylation is 2. The Kier molecular flexibility index (Phi) is 5.09. The first-order valence-electron chi connectivity index (χ1n) is 5.07. The highest BCUT2D eigenvalue weighted by Gasteiger charge is 1.98. The average Bonchev–Trinajstić information content (AvgIpc) is 2.52. The van der Waals surface area contributed by atoms with Crippen LogP contribution in [0.5, 0.6) is 0 Å². The maximum atomic E-state index is 5.43. The van der Waals surface area contributed by atoms with Gasteiger partial charge < -0.3 is 5.73 Å². The smallest absolute Gasteiger partial charge is 0.00743 e. The van der Waals surface area contributed by atoms with Gasteiger partial charge in [0.05, 0.1) is 0 Å². The topological polar surface area (TPSA) is 26.0 Å². The van der Waals surface area contributed by atoms with E-state index in [0.29, 0.717) is 0 Å². The standard InChI is InChI=1S/C11H19NS/c1-10-7-9-13-11(10)6-4-2-3-5-8-12/h7,9H,2-6,8,12H2,1H3. The van der Waals surface area contributed by atoms with Gasteiger partial charge in [-0.2, -0.15) is 0 Å². The van der Waals surface area contributed by atoms with E-state index in [-0.39, 0.29) is 0 Å². The van der Waals surface area contributed by atoms with Gasteiger partial charge in [0, 0.05) is 4.88 Å². The summed E-state index contributed by atoms with van der Waals surface area (Å²) in [7, 11) is 0. The fraction of sp³-hybridized carbons (Fsp3) is 0.636. The third-order valence-corrected chi connectivity index (χ3v) is 3.41. The molecule has 0 bridgehead atoms. The summed E-state index contributed by atoms with van der Waals surface area (Å²) in [6.07, 6.45) is 6.38. The molecule has 0 aliphatic rings. The second kappa shape index (κ2) is 6.17. The van der Waals surface area contributed by atoms with Crippen LogP contribution in [0.3, 0.4) is 0 Å². The van der Waals surface area contributed by atoms with Crippen LogP contribution in [0, 0.1) is 6.92 Å². The summed E-state index contributed by atoms with van der Waals surface area (Å²) >= 11 is 1.89. The molecule has 2 heteroatoms. The predicted molar refractivity (Wildman–Crippen MR) is 60.3 cm³/mol. The lowest BCUT2D eigenvalue weighted by Crippen LogP contribution is -1.97. The Morgan fingerprint density at radius 2 is 2.00 bits per heavy atom. The van der Waals surface area contributed by atoms with Crippen LogP contribution < -0.4 is 5.73 Å². The highest BCUT2D eigenvalue weighted by Crippen LogP contribution is 2.18.